The van der Waals surface area contributed by atoms with E-state index >= 15 is 0 Å². The van der Waals surface area contributed by atoms with Gasteiger partial charge in [-0.3, -0.25) is 0 Å². The molecule has 11 heavy (non-hydrogen) atoms. The van der Waals surface area contributed by atoms with E-state index in [0.717, 1.165) is 5.56 Å². The fourth-order valence-electron chi connectivity index (χ4n) is 1.21. The van der Waals surface area contributed by atoms with E-state index in [9.17, 15) is 8.78 Å². The molecule has 0 nitrogen and oxygen atoms in total. The van der Waals surface area contributed by atoms with Crippen molar-refractivity contribution in [3.63, 3.8) is 0 Å². The SMILES string of the molecule is FC1(F)CC1c1cc[c]cc1. The predicted octanol–water partition coefficient (Wildman–Crippen LogP) is 2.61. The Hall–Kier alpha value is -0.920. The summed E-state index contributed by atoms with van der Waals surface area (Å²) in [6.45, 7) is 0. The molecular weight excluding hydrogens is 146 g/mol. The first-order valence-corrected chi connectivity index (χ1v) is 3.54. The van der Waals surface area contributed by atoms with E-state index in [1.165, 1.54) is 0 Å². The van der Waals surface area contributed by atoms with Gasteiger partial charge < -0.3 is 0 Å². The van der Waals surface area contributed by atoms with Crippen LogP contribution in [-0.2, 0) is 0 Å². The summed E-state index contributed by atoms with van der Waals surface area (Å²) in [5, 5.41) is 0. The van der Waals surface area contributed by atoms with Crippen LogP contribution in [0.1, 0.15) is 17.9 Å². The second-order valence-corrected chi connectivity index (χ2v) is 2.85. The van der Waals surface area contributed by atoms with Gasteiger partial charge in [-0.25, -0.2) is 8.78 Å². The first kappa shape index (κ1) is 6.77. The van der Waals surface area contributed by atoms with Gasteiger partial charge in [0.1, 0.15) is 0 Å². The molecular formula is C9H7F2. The molecule has 1 fully saturated rings. The Morgan fingerprint density at radius 3 is 2.36 bits per heavy atom. The normalized spacial score (nSPS) is 26.5. The van der Waals surface area contributed by atoms with Crippen molar-refractivity contribution in [2.75, 3.05) is 0 Å². The molecule has 0 heterocycles. The highest BCUT2D eigenvalue weighted by Gasteiger charge is 2.57. The molecule has 0 spiro atoms. The van der Waals surface area contributed by atoms with Gasteiger partial charge in [-0.15, -0.1) is 0 Å². The van der Waals surface area contributed by atoms with Gasteiger partial charge in [0, 0.05) is 6.42 Å². The zero-order chi connectivity index (χ0) is 7.90. The Bertz CT molecular complexity index is 254. The topological polar surface area (TPSA) is 0 Å². The fraction of sp³-hybridized carbons (Fsp3) is 0.333. The second kappa shape index (κ2) is 2.03. The largest absolute Gasteiger partial charge is 0.255 e. The molecule has 0 N–H and O–H groups in total. The van der Waals surface area contributed by atoms with Gasteiger partial charge in [-0.1, -0.05) is 24.3 Å². The Morgan fingerprint density at radius 2 is 1.91 bits per heavy atom. The molecule has 0 aliphatic heterocycles. The fourth-order valence-corrected chi connectivity index (χ4v) is 1.21. The molecule has 1 aromatic carbocycles. The summed E-state index contributed by atoms with van der Waals surface area (Å²) in [6.07, 6.45) is 0.0109. The summed E-state index contributed by atoms with van der Waals surface area (Å²) in [5.74, 6) is -2.97. The highest BCUT2D eigenvalue weighted by molar-refractivity contribution is 5.28. The standard InChI is InChI=1S/C9H7F2/c10-9(11)6-8(9)7-4-2-1-3-5-7/h2-5,8H,6H2. The lowest BCUT2D eigenvalue weighted by Crippen LogP contribution is -1.91. The quantitative estimate of drug-likeness (QED) is 0.581. The highest BCUT2D eigenvalue weighted by atomic mass is 19.3. The molecule has 0 saturated heterocycles. The van der Waals surface area contributed by atoms with Crippen LogP contribution < -0.4 is 0 Å². The van der Waals surface area contributed by atoms with Crippen molar-refractivity contribution in [2.24, 2.45) is 0 Å². The van der Waals surface area contributed by atoms with Crippen LogP contribution in [0.3, 0.4) is 0 Å². The van der Waals surface area contributed by atoms with Crippen LogP contribution in [0.25, 0.3) is 0 Å². The third kappa shape index (κ3) is 1.13. The first-order chi connectivity index (χ1) is 5.20. The molecule has 1 aliphatic rings. The van der Waals surface area contributed by atoms with Crippen molar-refractivity contribution in [1.82, 2.24) is 0 Å². The van der Waals surface area contributed by atoms with Gasteiger partial charge in [0.05, 0.1) is 5.92 Å². The molecule has 2 heteroatoms. The lowest BCUT2D eigenvalue weighted by atomic mass is 10.1. The molecule has 0 bridgehead atoms. The third-order valence-electron chi connectivity index (χ3n) is 1.97. The Kier molecular flexibility index (Phi) is 1.25. The summed E-state index contributed by atoms with van der Waals surface area (Å²) < 4.78 is 24.9. The van der Waals surface area contributed by atoms with Crippen LogP contribution >= 0.6 is 0 Å². The minimum atomic E-state index is -2.44. The maximum atomic E-state index is 12.5. The van der Waals surface area contributed by atoms with E-state index in [4.69, 9.17) is 0 Å². The van der Waals surface area contributed by atoms with Crippen molar-refractivity contribution in [2.45, 2.75) is 18.3 Å². The molecule has 0 amide bonds. The smallest absolute Gasteiger partial charge is 0.206 e. The van der Waals surface area contributed by atoms with E-state index < -0.39 is 11.8 Å². The lowest BCUT2D eigenvalue weighted by Gasteiger charge is -1.96. The van der Waals surface area contributed by atoms with Crippen molar-refractivity contribution in [3.8, 4) is 0 Å². The average Bonchev–Trinajstić information content (AvgIpc) is 2.62. The number of alkyl halides is 2. The predicted molar refractivity (Wildman–Crippen MR) is 37.6 cm³/mol. The van der Waals surface area contributed by atoms with Gasteiger partial charge >= 0.3 is 0 Å². The molecule has 2 rings (SSSR count). The maximum Gasteiger partial charge on any atom is 0.255 e. The lowest BCUT2D eigenvalue weighted by molar-refractivity contribution is 0.112. The van der Waals surface area contributed by atoms with E-state index in [1.54, 1.807) is 24.3 Å². The van der Waals surface area contributed by atoms with E-state index in [1.807, 2.05) is 0 Å². The third-order valence-corrected chi connectivity index (χ3v) is 1.97. The monoisotopic (exact) mass is 153 g/mol. The van der Waals surface area contributed by atoms with Gasteiger partial charge in [0.25, 0.3) is 5.92 Å². The molecule has 1 saturated carbocycles. The molecule has 1 aromatic rings. The van der Waals surface area contributed by atoms with Crippen LogP contribution in [0.2, 0.25) is 0 Å². The maximum absolute atomic E-state index is 12.5. The van der Waals surface area contributed by atoms with Crippen molar-refractivity contribution in [3.05, 3.63) is 35.9 Å². The Balaban J connectivity index is 2.21. The summed E-state index contributed by atoms with van der Waals surface area (Å²) in [4.78, 5) is 0. The van der Waals surface area contributed by atoms with E-state index in [0.29, 0.717) is 0 Å². The summed E-state index contributed by atoms with van der Waals surface area (Å²) >= 11 is 0. The molecule has 57 valence electrons. The molecule has 0 aromatic heterocycles. The van der Waals surface area contributed by atoms with Crippen LogP contribution in [-0.4, -0.2) is 5.92 Å². The first-order valence-electron chi connectivity index (χ1n) is 3.54. The van der Waals surface area contributed by atoms with Gasteiger partial charge in [-0.2, -0.15) is 0 Å². The van der Waals surface area contributed by atoms with E-state index in [2.05, 4.69) is 6.07 Å². The summed E-state index contributed by atoms with van der Waals surface area (Å²) in [6, 6.07) is 9.54. The van der Waals surface area contributed by atoms with Crippen LogP contribution in [0.5, 0.6) is 0 Å². The second-order valence-electron chi connectivity index (χ2n) is 2.85. The number of rotatable bonds is 1. The van der Waals surface area contributed by atoms with Gasteiger partial charge in [0.2, 0.25) is 0 Å². The highest BCUT2D eigenvalue weighted by Crippen LogP contribution is 2.55. The number of hydrogen-bond donors (Lipinski definition) is 0. The summed E-state index contributed by atoms with van der Waals surface area (Å²) in [7, 11) is 0. The van der Waals surface area contributed by atoms with Crippen LogP contribution in [0.4, 0.5) is 8.78 Å². The molecule has 1 unspecified atom stereocenters. The Labute approximate surface area is 63.9 Å². The average molecular weight is 153 g/mol. The van der Waals surface area contributed by atoms with Crippen LogP contribution in [0.15, 0.2) is 24.3 Å². The summed E-state index contributed by atoms with van der Waals surface area (Å²) in [5.41, 5.74) is 0.730. The van der Waals surface area contributed by atoms with Crippen LogP contribution in [0, 0.1) is 6.07 Å². The molecule has 1 radical (unpaired) electrons. The van der Waals surface area contributed by atoms with Gasteiger partial charge in [0.15, 0.2) is 0 Å². The zero-order valence-electron chi connectivity index (χ0n) is 5.85. The minimum Gasteiger partial charge on any atom is -0.206 e. The zero-order valence-corrected chi connectivity index (χ0v) is 5.85. The molecule has 1 atom stereocenters. The molecule has 1 aliphatic carbocycles. The Morgan fingerprint density at radius 1 is 1.36 bits per heavy atom. The van der Waals surface area contributed by atoms with Crippen molar-refractivity contribution >= 4 is 0 Å². The number of benzene rings is 1. The van der Waals surface area contributed by atoms with E-state index in [-0.39, 0.29) is 6.42 Å². The van der Waals surface area contributed by atoms with Gasteiger partial charge in [-0.05, 0) is 11.6 Å². The van der Waals surface area contributed by atoms with Crippen molar-refractivity contribution in [1.29, 1.82) is 0 Å². The minimum absolute atomic E-state index is 0.0109. The number of hydrogen-bond acceptors (Lipinski definition) is 0. The van der Waals surface area contributed by atoms with Crippen molar-refractivity contribution < 1.29 is 8.78 Å². The number of halogens is 2.